The van der Waals surface area contributed by atoms with Gasteiger partial charge < -0.3 is 24.4 Å². The Kier molecular flexibility index (Phi) is 29.2. The molecule has 45 heavy (non-hydrogen) atoms. The number of esters is 2. The number of rotatable bonds is 30. The van der Waals surface area contributed by atoms with E-state index in [0.29, 0.717) is 19.3 Å². The van der Waals surface area contributed by atoms with Gasteiger partial charge in [0.1, 0.15) is 6.61 Å². The first-order valence-corrected chi connectivity index (χ1v) is 18.6. The maximum Gasteiger partial charge on any atom is 0.469 e. The molecular formula is C35H61O9P. The molecule has 3 N–H and O–H groups in total. The van der Waals surface area contributed by atoms with Crippen LogP contribution in [0.5, 0.6) is 0 Å². The molecule has 0 aliphatic rings. The summed E-state index contributed by atoms with van der Waals surface area (Å²) in [6.45, 7) is 3.39. The van der Waals surface area contributed by atoms with Crippen LogP contribution in [-0.2, 0) is 28.2 Å². The van der Waals surface area contributed by atoms with Crippen LogP contribution in [0, 0.1) is 0 Å². The Morgan fingerprint density at radius 3 is 2.00 bits per heavy atom. The van der Waals surface area contributed by atoms with Gasteiger partial charge in [0.05, 0.1) is 12.7 Å². The summed E-state index contributed by atoms with van der Waals surface area (Å²) in [5.41, 5.74) is 0. The lowest BCUT2D eigenvalue weighted by atomic mass is 10.1. The van der Waals surface area contributed by atoms with Crippen molar-refractivity contribution in [3.8, 4) is 0 Å². The van der Waals surface area contributed by atoms with Crippen LogP contribution < -0.4 is 0 Å². The standard InChI is InChI=1S/C35H61O9P/c1-3-5-7-9-11-12-13-14-16-20-24-28-34(37)42-30-33(31-43-45(39,40)41)44-35(38)29-25-21-17-19-23-27-32(36)26-22-18-15-10-8-6-4-2/h6,8-9,11,15,18,22,26,32-33,36H,3-5,7,10,12-14,16-17,19-21,23-25,27-31H2,1-2H3,(H2,39,40,41)/b8-6+,11-9-,18-15+,26-22+/t32?,33-/m1/s1. The molecule has 0 amide bonds. The lowest BCUT2D eigenvalue weighted by Gasteiger charge is -2.18. The highest BCUT2D eigenvalue weighted by Gasteiger charge is 2.22. The van der Waals surface area contributed by atoms with E-state index in [1.54, 1.807) is 6.08 Å². The molecule has 0 aromatic carbocycles. The summed E-state index contributed by atoms with van der Waals surface area (Å²) in [4.78, 5) is 42.5. The monoisotopic (exact) mass is 656 g/mol. The van der Waals surface area contributed by atoms with Crippen LogP contribution in [0.2, 0.25) is 0 Å². The van der Waals surface area contributed by atoms with E-state index in [4.69, 9.17) is 19.3 Å². The van der Waals surface area contributed by atoms with E-state index in [1.165, 1.54) is 12.8 Å². The predicted molar refractivity (Wildman–Crippen MR) is 180 cm³/mol. The van der Waals surface area contributed by atoms with E-state index in [-0.39, 0.29) is 19.4 Å². The Bertz CT molecular complexity index is 892. The minimum atomic E-state index is -4.77. The minimum Gasteiger partial charge on any atom is -0.462 e. The molecule has 0 rings (SSSR count). The number of allylic oxidation sites excluding steroid dienone is 7. The number of aliphatic hydroxyl groups excluding tert-OH is 1. The molecule has 0 bridgehead atoms. The van der Waals surface area contributed by atoms with Crippen LogP contribution in [0.1, 0.15) is 136 Å². The van der Waals surface area contributed by atoms with Gasteiger partial charge in [-0.15, -0.1) is 0 Å². The van der Waals surface area contributed by atoms with Gasteiger partial charge in [0.25, 0.3) is 0 Å². The quantitative estimate of drug-likeness (QED) is 0.0228. The summed E-state index contributed by atoms with van der Waals surface area (Å²) < 4.78 is 26.1. The Balaban J connectivity index is 4.14. The summed E-state index contributed by atoms with van der Waals surface area (Å²) in [6.07, 6.45) is 31.4. The Labute approximate surface area is 272 Å². The Morgan fingerprint density at radius 2 is 1.33 bits per heavy atom. The zero-order chi connectivity index (χ0) is 33.4. The molecule has 0 aliphatic heterocycles. The third kappa shape index (κ3) is 33.2. The number of carbonyl (C=O) groups is 2. The second kappa shape index (κ2) is 30.6. The highest BCUT2D eigenvalue weighted by Crippen LogP contribution is 2.35. The van der Waals surface area contributed by atoms with E-state index in [9.17, 15) is 19.3 Å². The number of phosphoric acid groups is 1. The van der Waals surface area contributed by atoms with Crippen molar-refractivity contribution in [1.29, 1.82) is 0 Å². The van der Waals surface area contributed by atoms with Crippen molar-refractivity contribution in [2.75, 3.05) is 13.2 Å². The Morgan fingerprint density at radius 1 is 0.711 bits per heavy atom. The fraction of sp³-hybridized carbons (Fsp3) is 0.714. The maximum absolute atomic E-state index is 12.3. The van der Waals surface area contributed by atoms with Crippen molar-refractivity contribution in [1.82, 2.24) is 0 Å². The molecule has 0 saturated carbocycles. The predicted octanol–water partition coefficient (Wildman–Crippen LogP) is 8.59. The van der Waals surface area contributed by atoms with Crippen molar-refractivity contribution in [3.05, 3.63) is 48.6 Å². The molecule has 0 aromatic heterocycles. The van der Waals surface area contributed by atoms with Gasteiger partial charge in [-0.1, -0.05) is 120 Å². The van der Waals surface area contributed by atoms with Gasteiger partial charge in [0.2, 0.25) is 0 Å². The average molecular weight is 657 g/mol. The van der Waals surface area contributed by atoms with Gasteiger partial charge in [-0.2, -0.15) is 0 Å². The fourth-order valence-electron chi connectivity index (χ4n) is 4.36. The van der Waals surface area contributed by atoms with Gasteiger partial charge in [-0.3, -0.25) is 14.1 Å². The second-order valence-corrected chi connectivity index (χ2v) is 12.5. The molecule has 0 saturated heterocycles. The molecule has 260 valence electrons. The van der Waals surface area contributed by atoms with Crippen molar-refractivity contribution in [3.63, 3.8) is 0 Å². The highest BCUT2D eigenvalue weighted by molar-refractivity contribution is 7.46. The van der Waals surface area contributed by atoms with E-state index < -0.39 is 38.6 Å². The summed E-state index contributed by atoms with van der Waals surface area (Å²) in [7, 11) is -4.77. The molecule has 10 heteroatoms. The lowest BCUT2D eigenvalue weighted by molar-refractivity contribution is -0.161. The second-order valence-electron chi connectivity index (χ2n) is 11.3. The number of aliphatic hydroxyl groups is 1. The summed E-state index contributed by atoms with van der Waals surface area (Å²) >= 11 is 0. The minimum absolute atomic E-state index is 0.139. The third-order valence-corrected chi connectivity index (χ3v) is 7.42. The summed E-state index contributed by atoms with van der Waals surface area (Å²) in [5.74, 6) is -0.979. The normalized spacial score (nSPS) is 13.8. The molecular weight excluding hydrogens is 595 g/mol. The van der Waals surface area contributed by atoms with E-state index >= 15 is 0 Å². The number of unbranched alkanes of at least 4 members (excludes halogenated alkanes) is 11. The molecule has 0 radical (unpaired) electrons. The van der Waals surface area contributed by atoms with Crippen molar-refractivity contribution in [2.24, 2.45) is 0 Å². The number of ether oxygens (including phenoxy) is 2. The van der Waals surface area contributed by atoms with Gasteiger partial charge in [-0.05, 0) is 51.4 Å². The summed E-state index contributed by atoms with van der Waals surface area (Å²) in [6, 6.07) is 0. The van der Waals surface area contributed by atoms with E-state index in [2.05, 4.69) is 42.7 Å². The van der Waals surface area contributed by atoms with E-state index in [1.807, 2.05) is 18.2 Å². The van der Waals surface area contributed by atoms with Gasteiger partial charge in [0.15, 0.2) is 6.10 Å². The molecule has 0 aromatic rings. The number of carbonyl (C=O) groups excluding carboxylic acids is 2. The van der Waals surface area contributed by atoms with Gasteiger partial charge in [-0.25, -0.2) is 4.57 Å². The first kappa shape index (κ1) is 43.0. The molecule has 0 fully saturated rings. The summed E-state index contributed by atoms with van der Waals surface area (Å²) in [5, 5.41) is 10.0. The van der Waals surface area contributed by atoms with Gasteiger partial charge in [0, 0.05) is 12.8 Å². The zero-order valence-electron chi connectivity index (χ0n) is 27.9. The molecule has 1 unspecified atom stereocenters. The SMILES string of the molecule is CC/C=C/C/C=C/C=C/C(O)CCCCCCCC(=O)O[C@H](COC(=O)CCCCCCC/C=C\CCCC)COP(=O)(O)O. The van der Waals surface area contributed by atoms with Crippen LogP contribution in [0.15, 0.2) is 48.6 Å². The molecule has 2 atom stereocenters. The van der Waals surface area contributed by atoms with Crippen molar-refractivity contribution >= 4 is 19.8 Å². The van der Waals surface area contributed by atoms with Crippen LogP contribution in [0.25, 0.3) is 0 Å². The van der Waals surface area contributed by atoms with Crippen LogP contribution in [0.4, 0.5) is 0 Å². The molecule has 0 aliphatic carbocycles. The van der Waals surface area contributed by atoms with Crippen LogP contribution >= 0.6 is 7.82 Å². The average Bonchev–Trinajstić information content (AvgIpc) is 2.99. The smallest absolute Gasteiger partial charge is 0.462 e. The van der Waals surface area contributed by atoms with Crippen LogP contribution in [0.3, 0.4) is 0 Å². The topological polar surface area (TPSA) is 140 Å². The zero-order valence-corrected chi connectivity index (χ0v) is 28.8. The van der Waals surface area contributed by atoms with Crippen molar-refractivity contribution < 1.29 is 43.0 Å². The third-order valence-electron chi connectivity index (χ3n) is 6.94. The molecule has 0 heterocycles. The number of hydrogen-bond donors (Lipinski definition) is 3. The van der Waals surface area contributed by atoms with Gasteiger partial charge >= 0.3 is 19.8 Å². The van der Waals surface area contributed by atoms with E-state index in [0.717, 1.165) is 77.0 Å². The molecule has 0 spiro atoms. The number of hydrogen-bond acceptors (Lipinski definition) is 7. The first-order chi connectivity index (χ1) is 21.7. The first-order valence-electron chi connectivity index (χ1n) is 17.0. The highest BCUT2D eigenvalue weighted by atomic mass is 31.2. The van der Waals surface area contributed by atoms with Crippen LogP contribution in [-0.4, -0.2) is 52.3 Å². The largest absolute Gasteiger partial charge is 0.469 e. The number of phosphoric ester groups is 1. The van der Waals surface area contributed by atoms with Crippen molar-refractivity contribution in [2.45, 2.75) is 148 Å². The fourth-order valence-corrected chi connectivity index (χ4v) is 4.72. The lowest BCUT2D eigenvalue weighted by Crippen LogP contribution is -2.29. The molecule has 9 nitrogen and oxygen atoms in total. The Hall–Kier alpha value is -2.03. The maximum atomic E-state index is 12.3.